The van der Waals surface area contributed by atoms with E-state index in [2.05, 4.69) is 135 Å². The number of nitrogens with zero attached hydrogens (tertiary/aromatic N) is 5. The van der Waals surface area contributed by atoms with E-state index < -0.39 is 0 Å². The molecule has 6 aromatic carbocycles. The van der Waals surface area contributed by atoms with Crippen LogP contribution in [0.2, 0.25) is 0 Å². The Morgan fingerprint density at radius 1 is 0.479 bits per heavy atom. The largest absolute Gasteiger partial charge is 0.309 e. The van der Waals surface area contributed by atoms with E-state index in [0.717, 1.165) is 66.5 Å². The SMILES string of the molecule is N#Cc1cccc(-n2c3ccccc3c3ccccc32)c1-c1cccc(-c2cccc(-n3c4ccccc4c4ccnc(C#N)c43)c2)c1. The molecule has 5 heteroatoms. The van der Waals surface area contributed by atoms with E-state index in [4.69, 9.17) is 0 Å². The molecule has 3 heterocycles. The van der Waals surface area contributed by atoms with Crippen molar-refractivity contribution in [1.29, 1.82) is 10.5 Å². The lowest BCUT2D eigenvalue weighted by atomic mass is 9.94. The van der Waals surface area contributed by atoms with Crippen LogP contribution >= 0.6 is 0 Å². The molecule has 5 nitrogen and oxygen atoms in total. The maximum absolute atomic E-state index is 10.4. The fourth-order valence-corrected chi connectivity index (χ4v) is 7.25. The Morgan fingerprint density at radius 3 is 1.75 bits per heavy atom. The summed E-state index contributed by atoms with van der Waals surface area (Å²) in [6, 6.07) is 54.6. The maximum atomic E-state index is 10.4. The van der Waals surface area contributed by atoms with Gasteiger partial charge in [-0.05, 0) is 71.3 Å². The molecule has 0 fully saturated rings. The highest BCUT2D eigenvalue weighted by molar-refractivity contribution is 6.11. The van der Waals surface area contributed by atoms with Crippen molar-refractivity contribution >= 4 is 43.6 Å². The minimum Gasteiger partial charge on any atom is -0.309 e. The number of pyridine rings is 1. The highest BCUT2D eigenvalue weighted by atomic mass is 15.0. The van der Waals surface area contributed by atoms with Crippen LogP contribution in [0.15, 0.2) is 152 Å². The number of aromatic nitrogens is 3. The summed E-state index contributed by atoms with van der Waals surface area (Å²) in [5.74, 6) is 0. The minimum atomic E-state index is 0.391. The Balaban J connectivity index is 1.24. The highest BCUT2D eigenvalue weighted by Crippen LogP contribution is 2.39. The number of benzene rings is 6. The zero-order chi connectivity index (χ0) is 32.2. The topological polar surface area (TPSA) is 70.3 Å². The zero-order valence-electron chi connectivity index (χ0n) is 25.7. The molecule has 0 aliphatic heterocycles. The Kier molecular flexibility index (Phi) is 6.18. The van der Waals surface area contributed by atoms with Crippen LogP contribution < -0.4 is 0 Å². The van der Waals surface area contributed by atoms with Gasteiger partial charge in [-0.2, -0.15) is 10.5 Å². The molecule has 0 radical (unpaired) electrons. The predicted molar refractivity (Wildman–Crippen MR) is 193 cm³/mol. The third-order valence-corrected chi connectivity index (χ3v) is 9.26. The summed E-state index contributed by atoms with van der Waals surface area (Å²) in [6.07, 6.45) is 1.70. The van der Waals surface area contributed by atoms with E-state index in [-0.39, 0.29) is 0 Å². The molecule has 0 amide bonds. The van der Waals surface area contributed by atoms with Gasteiger partial charge in [0.1, 0.15) is 6.07 Å². The second-order valence-electron chi connectivity index (χ2n) is 11.8. The van der Waals surface area contributed by atoms with E-state index in [1.54, 1.807) is 6.20 Å². The van der Waals surface area contributed by atoms with Crippen LogP contribution in [0.3, 0.4) is 0 Å². The van der Waals surface area contributed by atoms with Gasteiger partial charge in [0.15, 0.2) is 5.69 Å². The molecule has 0 saturated carbocycles. The van der Waals surface area contributed by atoms with Crippen LogP contribution in [0, 0.1) is 22.7 Å². The summed E-state index contributed by atoms with van der Waals surface area (Å²) in [5.41, 5.74) is 10.8. The second kappa shape index (κ2) is 10.8. The van der Waals surface area contributed by atoms with Gasteiger partial charge in [-0.3, -0.25) is 0 Å². The third-order valence-electron chi connectivity index (χ3n) is 9.26. The zero-order valence-corrected chi connectivity index (χ0v) is 25.7. The molecule has 222 valence electrons. The minimum absolute atomic E-state index is 0.391. The average molecular weight is 612 g/mol. The van der Waals surface area contributed by atoms with E-state index in [1.807, 2.05) is 36.4 Å². The Bertz CT molecular complexity index is 2770. The molecule has 0 unspecified atom stereocenters. The standard InChI is InChI=1S/C43H25N5/c44-26-31-13-9-21-41(48-39-19-5-1-15-33(39)34-16-2-6-20-40(34)48)42(31)30-12-7-10-28(24-30)29-11-8-14-32(25-29)47-38-18-4-3-17-35(38)36-22-23-46-37(27-45)43(36)47/h1-25H. The van der Waals surface area contributed by atoms with Crippen molar-refractivity contribution in [2.24, 2.45) is 0 Å². The van der Waals surface area contributed by atoms with Crippen molar-refractivity contribution in [3.63, 3.8) is 0 Å². The summed E-state index contributed by atoms with van der Waals surface area (Å²) in [6.45, 7) is 0. The maximum Gasteiger partial charge on any atom is 0.165 e. The first-order valence-corrected chi connectivity index (χ1v) is 15.8. The molecule has 0 aliphatic carbocycles. The van der Waals surface area contributed by atoms with Crippen molar-refractivity contribution in [2.75, 3.05) is 0 Å². The summed E-state index contributed by atoms with van der Waals surface area (Å²) >= 11 is 0. The molecule has 48 heavy (non-hydrogen) atoms. The molecule has 0 atom stereocenters. The molecule has 3 aromatic heterocycles. The van der Waals surface area contributed by atoms with Gasteiger partial charge in [-0.25, -0.2) is 4.98 Å². The first kappa shape index (κ1) is 27.4. The fraction of sp³-hybridized carbons (Fsp3) is 0. The number of nitriles is 2. The number of fused-ring (bicyclic) bond motifs is 6. The Morgan fingerprint density at radius 2 is 1.06 bits per heavy atom. The van der Waals surface area contributed by atoms with Gasteiger partial charge in [0.25, 0.3) is 0 Å². The van der Waals surface area contributed by atoms with E-state index in [0.29, 0.717) is 11.3 Å². The second-order valence-corrected chi connectivity index (χ2v) is 11.8. The summed E-state index contributed by atoms with van der Waals surface area (Å²) in [4.78, 5) is 4.41. The summed E-state index contributed by atoms with van der Waals surface area (Å²) in [5, 5.41) is 24.8. The Labute approximate surface area is 276 Å². The fourth-order valence-electron chi connectivity index (χ4n) is 7.25. The van der Waals surface area contributed by atoms with Crippen molar-refractivity contribution in [3.8, 4) is 45.8 Å². The van der Waals surface area contributed by atoms with Gasteiger partial charge in [0.05, 0.1) is 39.4 Å². The summed E-state index contributed by atoms with van der Waals surface area (Å²) < 4.78 is 4.41. The predicted octanol–water partition coefficient (Wildman–Crippen LogP) is 10.4. The van der Waals surface area contributed by atoms with Crippen LogP contribution in [-0.4, -0.2) is 14.1 Å². The van der Waals surface area contributed by atoms with Gasteiger partial charge in [0.2, 0.25) is 0 Å². The third kappa shape index (κ3) is 4.06. The van der Waals surface area contributed by atoms with Crippen LogP contribution in [0.25, 0.3) is 77.2 Å². The molecule has 0 spiro atoms. The normalized spacial score (nSPS) is 11.3. The smallest absolute Gasteiger partial charge is 0.165 e. The molecule has 0 N–H and O–H groups in total. The van der Waals surface area contributed by atoms with Crippen LogP contribution in [0.1, 0.15) is 11.3 Å². The number of rotatable bonds is 4. The first-order valence-electron chi connectivity index (χ1n) is 15.8. The molecule has 0 saturated heterocycles. The van der Waals surface area contributed by atoms with E-state index >= 15 is 0 Å². The Hall–Kier alpha value is -6.95. The van der Waals surface area contributed by atoms with Crippen LogP contribution in [0.4, 0.5) is 0 Å². The molecule has 0 bridgehead atoms. The van der Waals surface area contributed by atoms with Crippen LogP contribution in [0.5, 0.6) is 0 Å². The van der Waals surface area contributed by atoms with Crippen molar-refractivity contribution in [1.82, 2.24) is 14.1 Å². The van der Waals surface area contributed by atoms with Crippen LogP contribution in [-0.2, 0) is 0 Å². The lowest BCUT2D eigenvalue weighted by Gasteiger charge is -2.16. The lowest BCUT2D eigenvalue weighted by molar-refractivity contribution is 1.15. The first-order chi connectivity index (χ1) is 23.7. The van der Waals surface area contributed by atoms with Gasteiger partial charge in [0, 0.05) is 39.0 Å². The quantitative estimate of drug-likeness (QED) is 0.199. The van der Waals surface area contributed by atoms with Crippen molar-refractivity contribution in [3.05, 3.63) is 163 Å². The molecule has 9 rings (SSSR count). The van der Waals surface area contributed by atoms with E-state index in [1.165, 1.54) is 10.8 Å². The molecule has 0 aliphatic rings. The van der Waals surface area contributed by atoms with Gasteiger partial charge in [-0.1, -0.05) is 91.0 Å². The molecular formula is C43H25N5. The number of para-hydroxylation sites is 3. The van der Waals surface area contributed by atoms with Gasteiger partial charge >= 0.3 is 0 Å². The highest BCUT2D eigenvalue weighted by Gasteiger charge is 2.19. The molecule has 9 aromatic rings. The van der Waals surface area contributed by atoms with Crippen molar-refractivity contribution < 1.29 is 0 Å². The van der Waals surface area contributed by atoms with Gasteiger partial charge in [-0.15, -0.1) is 0 Å². The average Bonchev–Trinajstić information content (AvgIpc) is 3.68. The summed E-state index contributed by atoms with van der Waals surface area (Å²) in [7, 11) is 0. The lowest BCUT2D eigenvalue weighted by Crippen LogP contribution is -1.99. The molecular weight excluding hydrogens is 587 g/mol. The van der Waals surface area contributed by atoms with E-state index in [9.17, 15) is 10.5 Å². The number of hydrogen-bond acceptors (Lipinski definition) is 3. The van der Waals surface area contributed by atoms with Crippen molar-refractivity contribution in [2.45, 2.75) is 0 Å². The number of hydrogen-bond donors (Lipinski definition) is 0. The monoisotopic (exact) mass is 611 g/mol. The van der Waals surface area contributed by atoms with Gasteiger partial charge < -0.3 is 9.13 Å².